The molecule has 0 spiro atoms. The Morgan fingerprint density at radius 1 is 1.10 bits per heavy atom. The molecule has 1 heterocycles. The van der Waals surface area contributed by atoms with Crippen LogP contribution in [0.5, 0.6) is 0 Å². The summed E-state index contributed by atoms with van der Waals surface area (Å²) >= 11 is 0. The summed E-state index contributed by atoms with van der Waals surface area (Å²) in [6.07, 6.45) is 5.49. The highest BCUT2D eigenvalue weighted by Crippen LogP contribution is 2.22. The fourth-order valence-corrected chi connectivity index (χ4v) is 3.14. The van der Waals surface area contributed by atoms with Crippen LogP contribution >= 0.6 is 0 Å². The molecular weight excluding hydrogens is 250 g/mol. The van der Waals surface area contributed by atoms with Gasteiger partial charge < -0.3 is 4.74 Å². The lowest BCUT2D eigenvalue weighted by molar-refractivity contribution is 0.0370. The molecule has 3 heteroatoms. The largest absolute Gasteiger partial charge is 0.379 e. The lowest BCUT2D eigenvalue weighted by atomic mass is 9.89. The van der Waals surface area contributed by atoms with Crippen molar-refractivity contribution < 1.29 is 9.53 Å². The van der Waals surface area contributed by atoms with Gasteiger partial charge >= 0.3 is 0 Å². The van der Waals surface area contributed by atoms with Gasteiger partial charge in [0.2, 0.25) is 0 Å². The quantitative estimate of drug-likeness (QED) is 0.789. The van der Waals surface area contributed by atoms with Crippen molar-refractivity contribution in [1.29, 1.82) is 0 Å². The van der Waals surface area contributed by atoms with Crippen molar-refractivity contribution in [1.82, 2.24) is 4.90 Å². The van der Waals surface area contributed by atoms with Gasteiger partial charge in [0, 0.05) is 31.6 Å². The van der Waals surface area contributed by atoms with E-state index in [1.54, 1.807) is 0 Å². The zero-order valence-corrected chi connectivity index (χ0v) is 12.1. The van der Waals surface area contributed by atoms with E-state index in [9.17, 15) is 4.79 Å². The Morgan fingerprint density at radius 2 is 1.85 bits per heavy atom. The van der Waals surface area contributed by atoms with E-state index >= 15 is 0 Å². The summed E-state index contributed by atoms with van der Waals surface area (Å²) in [4.78, 5) is 14.6. The van der Waals surface area contributed by atoms with E-state index in [4.69, 9.17) is 4.74 Å². The van der Waals surface area contributed by atoms with E-state index in [1.165, 1.54) is 30.4 Å². The number of aryl methyl sites for hydroxylation is 2. The molecule has 0 atom stereocenters. The minimum atomic E-state index is 0.282. The summed E-state index contributed by atoms with van der Waals surface area (Å²) in [5.41, 5.74) is 3.74. The van der Waals surface area contributed by atoms with Crippen LogP contribution in [0.15, 0.2) is 18.2 Å². The smallest absolute Gasteiger partial charge is 0.164 e. The molecule has 0 aromatic heterocycles. The molecule has 0 N–H and O–H groups in total. The Morgan fingerprint density at radius 3 is 2.65 bits per heavy atom. The Bertz CT molecular complexity index is 478. The molecule has 0 amide bonds. The number of rotatable bonds is 4. The number of ketones is 1. The number of benzene rings is 1. The predicted octanol–water partition coefficient (Wildman–Crippen LogP) is 2.47. The van der Waals surface area contributed by atoms with E-state index in [0.29, 0.717) is 6.42 Å². The average Bonchev–Trinajstić information content (AvgIpc) is 2.53. The molecule has 3 nitrogen and oxygen atoms in total. The average molecular weight is 273 g/mol. The monoisotopic (exact) mass is 273 g/mol. The van der Waals surface area contributed by atoms with E-state index in [1.807, 2.05) is 6.07 Å². The van der Waals surface area contributed by atoms with Crippen molar-refractivity contribution in [2.24, 2.45) is 0 Å². The fraction of sp³-hybridized carbons (Fsp3) is 0.588. The van der Waals surface area contributed by atoms with E-state index < -0.39 is 0 Å². The van der Waals surface area contributed by atoms with Crippen molar-refractivity contribution in [3.05, 3.63) is 34.9 Å². The predicted molar refractivity (Wildman–Crippen MR) is 79.3 cm³/mol. The van der Waals surface area contributed by atoms with Gasteiger partial charge in [-0.15, -0.1) is 0 Å². The minimum absolute atomic E-state index is 0.282. The number of hydrogen-bond donors (Lipinski definition) is 0. The number of hydrogen-bond acceptors (Lipinski definition) is 3. The van der Waals surface area contributed by atoms with Crippen LogP contribution < -0.4 is 0 Å². The van der Waals surface area contributed by atoms with Gasteiger partial charge in [-0.3, -0.25) is 9.69 Å². The Balaban J connectivity index is 1.59. The number of Topliss-reactive ketones (excluding diaryl/α,β-unsaturated/α-hetero) is 1. The molecule has 1 aromatic rings. The molecule has 0 radical (unpaired) electrons. The molecule has 1 aliphatic heterocycles. The summed E-state index contributed by atoms with van der Waals surface area (Å²) in [5, 5.41) is 0. The first kappa shape index (κ1) is 13.8. The van der Waals surface area contributed by atoms with Gasteiger partial charge in [0.05, 0.1) is 13.2 Å². The maximum Gasteiger partial charge on any atom is 0.164 e. The summed E-state index contributed by atoms with van der Waals surface area (Å²) in [5.74, 6) is 0.282. The number of fused-ring (bicyclic) bond motifs is 1. The number of carbonyl (C=O) groups is 1. The van der Waals surface area contributed by atoms with Crippen molar-refractivity contribution in [3.8, 4) is 0 Å². The third-order valence-corrected chi connectivity index (χ3v) is 4.43. The molecule has 0 unspecified atom stereocenters. The number of carbonyl (C=O) groups excluding carboxylic acids is 1. The van der Waals surface area contributed by atoms with Crippen LogP contribution in [0.4, 0.5) is 0 Å². The van der Waals surface area contributed by atoms with Gasteiger partial charge in [0.15, 0.2) is 5.78 Å². The zero-order valence-electron chi connectivity index (χ0n) is 12.1. The van der Waals surface area contributed by atoms with Crippen molar-refractivity contribution >= 4 is 5.78 Å². The first-order valence-electron chi connectivity index (χ1n) is 7.78. The maximum absolute atomic E-state index is 12.3. The Kier molecular flexibility index (Phi) is 4.48. The van der Waals surface area contributed by atoms with Gasteiger partial charge in [0.25, 0.3) is 0 Å². The fourth-order valence-electron chi connectivity index (χ4n) is 3.14. The van der Waals surface area contributed by atoms with Gasteiger partial charge in [-0.2, -0.15) is 0 Å². The molecule has 1 saturated heterocycles. The summed E-state index contributed by atoms with van der Waals surface area (Å²) in [7, 11) is 0. The van der Waals surface area contributed by atoms with Gasteiger partial charge in [-0.1, -0.05) is 12.1 Å². The highest BCUT2D eigenvalue weighted by Gasteiger charge is 2.15. The second-order valence-corrected chi connectivity index (χ2v) is 5.82. The standard InChI is InChI=1S/C17H23NO2/c19-17(7-8-18-9-11-20-12-10-18)16-6-5-14-3-1-2-4-15(14)13-16/h5-6,13H,1-4,7-12H2. The second-order valence-electron chi connectivity index (χ2n) is 5.82. The molecule has 3 rings (SSSR count). The third-order valence-electron chi connectivity index (χ3n) is 4.43. The number of ether oxygens (including phenoxy) is 1. The lowest BCUT2D eigenvalue weighted by Crippen LogP contribution is -2.37. The van der Waals surface area contributed by atoms with Crippen LogP contribution in [0.2, 0.25) is 0 Å². The van der Waals surface area contributed by atoms with Gasteiger partial charge in [-0.05, 0) is 42.9 Å². The van der Waals surface area contributed by atoms with Crippen molar-refractivity contribution in [3.63, 3.8) is 0 Å². The van der Waals surface area contributed by atoms with E-state index in [0.717, 1.165) is 44.8 Å². The molecule has 1 aliphatic carbocycles. The van der Waals surface area contributed by atoms with Crippen LogP contribution in [-0.4, -0.2) is 43.5 Å². The Labute approximate surface area is 120 Å². The topological polar surface area (TPSA) is 29.5 Å². The third kappa shape index (κ3) is 3.28. The molecule has 1 fully saturated rings. The normalized spacial score (nSPS) is 19.6. The molecule has 0 saturated carbocycles. The van der Waals surface area contributed by atoms with E-state index in [-0.39, 0.29) is 5.78 Å². The Hall–Kier alpha value is -1.19. The summed E-state index contributed by atoms with van der Waals surface area (Å²) in [6.45, 7) is 4.37. The minimum Gasteiger partial charge on any atom is -0.379 e. The molecule has 0 bridgehead atoms. The molecule has 20 heavy (non-hydrogen) atoms. The highest BCUT2D eigenvalue weighted by atomic mass is 16.5. The van der Waals surface area contributed by atoms with Crippen LogP contribution in [0, 0.1) is 0 Å². The van der Waals surface area contributed by atoms with Crippen LogP contribution in [0.1, 0.15) is 40.7 Å². The molecular formula is C17H23NO2. The first-order chi connectivity index (χ1) is 9.83. The van der Waals surface area contributed by atoms with Gasteiger partial charge in [-0.25, -0.2) is 0 Å². The highest BCUT2D eigenvalue weighted by molar-refractivity contribution is 5.96. The lowest BCUT2D eigenvalue weighted by Gasteiger charge is -2.26. The number of morpholine rings is 1. The van der Waals surface area contributed by atoms with E-state index in [2.05, 4.69) is 17.0 Å². The molecule has 108 valence electrons. The molecule has 2 aliphatic rings. The van der Waals surface area contributed by atoms with Crippen LogP contribution in [-0.2, 0) is 17.6 Å². The first-order valence-corrected chi connectivity index (χ1v) is 7.78. The van der Waals surface area contributed by atoms with Gasteiger partial charge in [0.1, 0.15) is 0 Å². The zero-order chi connectivity index (χ0) is 13.8. The number of nitrogens with zero attached hydrogens (tertiary/aromatic N) is 1. The van der Waals surface area contributed by atoms with Crippen LogP contribution in [0.3, 0.4) is 0 Å². The van der Waals surface area contributed by atoms with Crippen molar-refractivity contribution in [2.75, 3.05) is 32.8 Å². The van der Waals surface area contributed by atoms with Crippen LogP contribution in [0.25, 0.3) is 0 Å². The van der Waals surface area contributed by atoms with Crippen molar-refractivity contribution in [2.45, 2.75) is 32.1 Å². The maximum atomic E-state index is 12.3. The SMILES string of the molecule is O=C(CCN1CCOCC1)c1ccc2c(c1)CCCC2. The summed E-state index contributed by atoms with van der Waals surface area (Å²) < 4.78 is 5.33. The second kappa shape index (κ2) is 6.51. The summed E-state index contributed by atoms with van der Waals surface area (Å²) in [6, 6.07) is 6.32. The molecule has 1 aromatic carbocycles.